The Kier molecular flexibility index (Phi) is 3.52. The van der Waals surface area contributed by atoms with Gasteiger partial charge in [-0.2, -0.15) is 0 Å². The van der Waals surface area contributed by atoms with Gasteiger partial charge >= 0.3 is 5.97 Å². The van der Waals surface area contributed by atoms with E-state index >= 15 is 0 Å². The molecule has 0 aliphatic heterocycles. The zero-order valence-corrected chi connectivity index (χ0v) is 9.87. The van der Waals surface area contributed by atoms with E-state index in [0.29, 0.717) is 0 Å². The second-order valence-corrected chi connectivity index (χ2v) is 3.63. The molecule has 5 heteroatoms. The van der Waals surface area contributed by atoms with Gasteiger partial charge in [-0.1, -0.05) is 18.2 Å². The molecule has 0 aliphatic rings. The van der Waals surface area contributed by atoms with Crippen LogP contribution in [0.25, 0.3) is 5.69 Å². The number of Topliss-reactive ketones (excluding diaryl/α,β-unsaturated/α-hetero) is 1. The van der Waals surface area contributed by atoms with Crippen LogP contribution in [0.1, 0.15) is 17.0 Å². The van der Waals surface area contributed by atoms with Crippen molar-refractivity contribution in [1.82, 2.24) is 9.55 Å². The molecule has 0 amide bonds. The van der Waals surface area contributed by atoms with Crippen molar-refractivity contribution in [2.45, 2.75) is 6.42 Å². The highest BCUT2D eigenvalue weighted by Gasteiger charge is 2.17. The number of nitrogens with zero attached hydrogens (tertiary/aromatic N) is 2. The number of rotatable bonds is 4. The third kappa shape index (κ3) is 2.45. The van der Waals surface area contributed by atoms with Gasteiger partial charge in [0.25, 0.3) is 0 Å². The summed E-state index contributed by atoms with van der Waals surface area (Å²) < 4.78 is 6.11. The van der Waals surface area contributed by atoms with Crippen LogP contribution in [-0.4, -0.2) is 28.4 Å². The monoisotopic (exact) mass is 244 g/mol. The standard InChI is InChI=1S/C13H12N2O3/c1-18-12(17)9-11(16)13-14-7-8-15(13)10-5-3-2-4-6-10/h2-8H,9H2,1H3. The number of carbonyl (C=O) groups is 2. The summed E-state index contributed by atoms with van der Waals surface area (Å²) in [5.41, 5.74) is 0.822. The van der Waals surface area contributed by atoms with Crippen LogP contribution in [0, 0.1) is 0 Å². The maximum atomic E-state index is 11.9. The van der Waals surface area contributed by atoms with Gasteiger partial charge in [0.1, 0.15) is 6.42 Å². The quantitative estimate of drug-likeness (QED) is 0.466. The maximum absolute atomic E-state index is 11.9. The maximum Gasteiger partial charge on any atom is 0.313 e. The first-order chi connectivity index (χ1) is 8.72. The Hall–Kier alpha value is -2.43. The molecule has 5 nitrogen and oxygen atoms in total. The van der Waals surface area contributed by atoms with Crippen LogP contribution in [0.4, 0.5) is 0 Å². The molecule has 18 heavy (non-hydrogen) atoms. The molecule has 0 unspecified atom stereocenters. The highest BCUT2D eigenvalue weighted by atomic mass is 16.5. The number of carbonyl (C=O) groups excluding carboxylic acids is 2. The SMILES string of the molecule is COC(=O)CC(=O)c1nccn1-c1ccccc1. The molecule has 0 spiro atoms. The third-order valence-electron chi connectivity index (χ3n) is 2.46. The first kappa shape index (κ1) is 12.0. The Morgan fingerprint density at radius 1 is 1.28 bits per heavy atom. The Morgan fingerprint density at radius 3 is 2.67 bits per heavy atom. The minimum absolute atomic E-state index is 0.228. The predicted molar refractivity (Wildman–Crippen MR) is 64.5 cm³/mol. The smallest absolute Gasteiger partial charge is 0.313 e. The van der Waals surface area contributed by atoms with Gasteiger partial charge < -0.3 is 4.74 Å². The van der Waals surface area contributed by atoms with E-state index in [1.165, 1.54) is 13.3 Å². The fourth-order valence-electron chi connectivity index (χ4n) is 1.59. The number of ether oxygens (including phenoxy) is 1. The van der Waals surface area contributed by atoms with Gasteiger partial charge in [-0.25, -0.2) is 4.98 Å². The van der Waals surface area contributed by atoms with Crippen molar-refractivity contribution >= 4 is 11.8 Å². The van der Waals surface area contributed by atoms with Crippen molar-refractivity contribution in [2.75, 3.05) is 7.11 Å². The molecular weight excluding hydrogens is 232 g/mol. The van der Waals surface area contributed by atoms with Gasteiger partial charge in [-0.15, -0.1) is 0 Å². The van der Waals surface area contributed by atoms with E-state index in [1.807, 2.05) is 30.3 Å². The number of aromatic nitrogens is 2. The van der Waals surface area contributed by atoms with Crippen LogP contribution < -0.4 is 0 Å². The lowest BCUT2D eigenvalue weighted by molar-refractivity contribution is -0.139. The third-order valence-corrected chi connectivity index (χ3v) is 2.46. The van der Waals surface area contributed by atoms with E-state index < -0.39 is 5.97 Å². The van der Waals surface area contributed by atoms with Gasteiger partial charge in [-0.3, -0.25) is 14.2 Å². The van der Waals surface area contributed by atoms with Crippen molar-refractivity contribution in [1.29, 1.82) is 0 Å². The number of imidazole rings is 1. The van der Waals surface area contributed by atoms with Crippen LogP contribution in [0.5, 0.6) is 0 Å². The van der Waals surface area contributed by atoms with Crippen molar-refractivity contribution in [3.63, 3.8) is 0 Å². The van der Waals surface area contributed by atoms with Gasteiger partial charge in [0.2, 0.25) is 5.78 Å². The fraction of sp³-hybridized carbons (Fsp3) is 0.154. The average molecular weight is 244 g/mol. The number of methoxy groups -OCH3 is 1. The summed E-state index contributed by atoms with van der Waals surface area (Å²) >= 11 is 0. The largest absolute Gasteiger partial charge is 0.469 e. The number of hydrogen-bond acceptors (Lipinski definition) is 4. The number of para-hydroxylation sites is 1. The van der Waals surface area contributed by atoms with Gasteiger partial charge in [-0.05, 0) is 12.1 Å². The normalized spacial score (nSPS) is 10.1. The molecule has 1 aromatic carbocycles. The number of ketones is 1. The predicted octanol–water partition coefficient (Wildman–Crippen LogP) is 1.62. The number of hydrogen-bond donors (Lipinski definition) is 0. The summed E-state index contributed by atoms with van der Waals surface area (Å²) in [5.74, 6) is -0.704. The van der Waals surface area contributed by atoms with E-state index in [-0.39, 0.29) is 18.0 Å². The molecule has 0 atom stereocenters. The molecule has 2 aromatic rings. The van der Waals surface area contributed by atoms with E-state index in [1.54, 1.807) is 10.8 Å². The fourth-order valence-corrected chi connectivity index (χ4v) is 1.59. The minimum atomic E-state index is -0.567. The van der Waals surface area contributed by atoms with Gasteiger partial charge in [0, 0.05) is 18.1 Å². The van der Waals surface area contributed by atoms with Crippen molar-refractivity contribution in [3.05, 3.63) is 48.5 Å². The van der Waals surface area contributed by atoms with Gasteiger partial charge in [0.05, 0.1) is 7.11 Å². The minimum Gasteiger partial charge on any atom is -0.469 e. The Balaban J connectivity index is 2.28. The van der Waals surface area contributed by atoms with Crippen LogP contribution in [0.3, 0.4) is 0 Å². The first-order valence-electron chi connectivity index (χ1n) is 5.41. The number of benzene rings is 1. The molecule has 0 saturated carbocycles. The zero-order chi connectivity index (χ0) is 13.0. The molecule has 0 bridgehead atoms. The molecule has 0 N–H and O–H groups in total. The van der Waals surface area contributed by atoms with Crippen molar-refractivity contribution < 1.29 is 14.3 Å². The lowest BCUT2D eigenvalue weighted by atomic mass is 10.2. The second kappa shape index (κ2) is 5.27. The lowest BCUT2D eigenvalue weighted by Crippen LogP contribution is -2.14. The summed E-state index contributed by atoms with van der Waals surface area (Å²) in [6.45, 7) is 0. The molecule has 1 aromatic heterocycles. The van der Waals surface area contributed by atoms with E-state index in [9.17, 15) is 9.59 Å². The molecule has 2 rings (SSSR count). The average Bonchev–Trinajstić information content (AvgIpc) is 2.88. The second-order valence-electron chi connectivity index (χ2n) is 3.63. The molecule has 0 radical (unpaired) electrons. The topological polar surface area (TPSA) is 61.2 Å². The Morgan fingerprint density at radius 2 is 2.00 bits per heavy atom. The highest BCUT2D eigenvalue weighted by molar-refractivity contribution is 6.04. The first-order valence-corrected chi connectivity index (χ1v) is 5.41. The molecular formula is C13H12N2O3. The summed E-state index contributed by atoms with van der Waals surface area (Å²) in [4.78, 5) is 27.0. The van der Waals surface area contributed by atoms with Crippen LogP contribution >= 0.6 is 0 Å². The van der Waals surface area contributed by atoms with Crippen LogP contribution in [-0.2, 0) is 9.53 Å². The zero-order valence-electron chi connectivity index (χ0n) is 9.87. The Bertz CT molecular complexity index is 561. The summed E-state index contributed by atoms with van der Waals surface area (Å²) in [7, 11) is 1.25. The Labute approximate surface area is 104 Å². The van der Waals surface area contributed by atoms with Crippen molar-refractivity contribution in [3.8, 4) is 5.69 Å². The van der Waals surface area contributed by atoms with E-state index in [0.717, 1.165) is 5.69 Å². The van der Waals surface area contributed by atoms with E-state index in [2.05, 4.69) is 9.72 Å². The lowest BCUT2D eigenvalue weighted by Gasteiger charge is -2.06. The summed E-state index contributed by atoms with van der Waals surface area (Å²) in [6, 6.07) is 9.33. The molecule has 0 aliphatic carbocycles. The summed E-state index contributed by atoms with van der Waals surface area (Å²) in [5, 5.41) is 0. The van der Waals surface area contributed by atoms with Crippen molar-refractivity contribution in [2.24, 2.45) is 0 Å². The summed E-state index contributed by atoms with van der Waals surface area (Å²) in [6.07, 6.45) is 2.90. The van der Waals surface area contributed by atoms with Gasteiger partial charge in [0.15, 0.2) is 5.82 Å². The van der Waals surface area contributed by atoms with Crippen LogP contribution in [0.15, 0.2) is 42.7 Å². The highest BCUT2D eigenvalue weighted by Crippen LogP contribution is 2.11. The number of esters is 1. The molecule has 0 saturated heterocycles. The van der Waals surface area contributed by atoms with E-state index in [4.69, 9.17) is 0 Å². The molecule has 1 heterocycles. The molecule has 92 valence electrons. The molecule has 0 fully saturated rings. The van der Waals surface area contributed by atoms with Crippen LogP contribution in [0.2, 0.25) is 0 Å².